The van der Waals surface area contributed by atoms with Gasteiger partial charge < -0.3 is 20.5 Å². The molecular weight excluding hydrogens is 504 g/mol. The van der Waals surface area contributed by atoms with Crippen molar-refractivity contribution in [2.75, 3.05) is 42.5 Å². The third-order valence-corrected chi connectivity index (χ3v) is 6.95. The molecule has 0 unspecified atom stereocenters. The number of aromatic amines is 1. The molecule has 9 nitrogen and oxygen atoms in total. The number of amides is 2. The van der Waals surface area contributed by atoms with E-state index >= 15 is 8.78 Å². The molecule has 0 spiro atoms. The maximum absolute atomic E-state index is 15.1. The van der Waals surface area contributed by atoms with E-state index in [2.05, 4.69) is 31.8 Å². The molecule has 0 radical (unpaired) electrons. The molecule has 1 aromatic carbocycles. The summed E-state index contributed by atoms with van der Waals surface area (Å²) in [6.45, 7) is 7.57. The number of halogens is 2. The van der Waals surface area contributed by atoms with Crippen LogP contribution in [0.1, 0.15) is 45.7 Å². The number of H-pyrrole nitrogens is 1. The smallest absolute Gasteiger partial charge is 0.294 e. The minimum absolute atomic E-state index is 0.0375. The van der Waals surface area contributed by atoms with E-state index < -0.39 is 33.3 Å². The van der Waals surface area contributed by atoms with Gasteiger partial charge in [-0.05, 0) is 63.2 Å². The number of sulfonamides is 1. The van der Waals surface area contributed by atoms with E-state index in [9.17, 15) is 18.0 Å². The lowest BCUT2D eigenvalue weighted by Gasteiger charge is -2.17. The quantitative estimate of drug-likeness (QED) is 0.291. The molecule has 4 N–H and O–H groups in total. The van der Waals surface area contributed by atoms with Crippen molar-refractivity contribution in [3.8, 4) is 0 Å². The van der Waals surface area contributed by atoms with Crippen LogP contribution < -0.4 is 15.4 Å². The number of hydrogen-bond donors (Lipinski definition) is 4. The van der Waals surface area contributed by atoms with Crippen LogP contribution in [0.5, 0.6) is 0 Å². The van der Waals surface area contributed by atoms with Gasteiger partial charge >= 0.3 is 0 Å². The first-order chi connectivity index (χ1) is 17.4. The Kier molecular flexibility index (Phi) is 7.24. The molecule has 2 amide bonds. The van der Waals surface area contributed by atoms with Crippen LogP contribution in [0.15, 0.2) is 30.9 Å². The molecule has 198 valence electrons. The molecule has 37 heavy (non-hydrogen) atoms. The molecule has 2 aliphatic heterocycles. The summed E-state index contributed by atoms with van der Waals surface area (Å²) in [5.41, 5.74) is 0.282. The number of carbonyl (C=O) groups excluding carboxylic acids is 2. The van der Waals surface area contributed by atoms with Gasteiger partial charge in [0, 0.05) is 41.4 Å². The van der Waals surface area contributed by atoms with Gasteiger partial charge in [-0.2, -0.15) is 8.78 Å². The highest BCUT2D eigenvalue weighted by molar-refractivity contribution is 7.92. The average molecular weight is 534 g/mol. The van der Waals surface area contributed by atoms with Crippen molar-refractivity contribution in [3.05, 3.63) is 58.9 Å². The van der Waals surface area contributed by atoms with E-state index in [-0.39, 0.29) is 28.2 Å². The maximum atomic E-state index is 15.1. The molecule has 0 bridgehead atoms. The summed E-state index contributed by atoms with van der Waals surface area (Å²) >= 11 is 0. The molecule has 1 aromatic heterocycles. The van der Waals surface area contributed by atoms with E-state index in [4.69, 9.17) is 0 Å². The van der Waals surface area contributed by atoms with Crippen molar-refractivity contribution in [2.24, 2.45) is 0 Å². The van der Waals surface area contributed by atoms with Crippen LogP contribution in [0.25, 0.3) is 11.6 Å². The zero-order valence-corrected chi connectivity index (χ0v) is 21.4. The Morgan fingerprint density at radius 3 is 2.62 bits per heavy atom. The Balaban J connectivity index is 1.72. The van der Waals surface area contributed by atoms with Crippen LogP contribution in [-0.4, -0.2) is 62.6 Å². The number of carbonyl (C=O) groups is 2. The van der Waals surface area contributed by atoms with Gasteiger partial charge in [-0.15, -0.1) is 0 Å². The molecule has 4 rings (SSSR count). The second kappa shape index (κ2) is 10.1. The second-order valence-electron chi connectivity index (χ2n) is 9.19. The highest BCUT2D eigenvalue weighted by Crippen LogP contribution is 2.40. The lowest BCUT2D eigenvalue weighted by molar-refractivity contribution is -0.110. The number of nitrogens with zero attached hydrogens (tertiary/aromatic N) is 1. The first kappa shape index (κ1) is 26.6. The summed E-state index contributed by atoms with van der Waals surface area (Å²) in [5, 5.41) is 5.37. The fourth-order valence-corrected chi connectivity index (χ4v) is 5.22. The largest absolute Gasteiger partial charge is 0.358 e. The number of fused-ring (bicyclic) bond motifs is 1. The number of benzene rings is 1. The predicted molar refractivity (Wildman–Crippen MR) is 139 cm³/mol. The number of hydrogen-bond acceptors (Lipinski definition) is 5. The highest BCUT2D eigenvalue weighted by Gasteiger charge is 2.38. The summed E-state index contributed by atoms with van der Waals surface area (Å²) in [4.78, 5) is 30.8. The minimum atomic E-state index is -3.58. The van der Waals surface area contributed by atoms with E-state index in [0.717, 1.165) is 32.2 Å². The summed E-state index contributed by atoms with van der Waals surface area (Å²) in [6, 6.07) is 4.43. The Morgan fingerprint density at radius 2 is 1.97 bits per heavy atom. The molecule has 0 saturated carbocycles. The van der Waals surface area contributed by atoms with Crippen LogP contribution in [0, 0.1) is 6.92 Å². The zero-order chi connectivity index (χ0) is 27.0. The number of alkyl halides is 2. The number of anilines is 2. The van der Waals surface area contributed by atoms with Crippen LogP contribution in [0.2, 0.25) is 0 Å². The topological polar surface area (TPSA) is 123 Å². The molecule has 2 aromatic rings. The fourth-order valence-electron chi connectivity index (χ4n) is 4.66. The number of aryl methyl sites for hydroxylation is 1. The molecule has 0 atom stereocenters. The van der Waals surface area contributed by atoms with Crippen molar-refractivity contribution >= 4 is 44.9 Å². The minimum Gasteiger partial charge on any atom is -0.358 e. The monoisotopic (exact) mass is 533 g/mol. The van der Waals surface area contributed by atoms with Gasteiger partial charge in [0.15, 0.2) is 0 Å². The van der Waals surface area contributed by atoms with Crippen molar-refractivity contribution < 1.29 is 26.8 Å². The van der Waals surface area contributed by atoms with Gasteiger partial charge in [0.25, 0.3) is 17.7 Å². The summed E-state index contributed by atoms with van der Waals surface area (Å²) in [7, 11) is -3.58. The van der Waals surface area contributed by atoms with Crippen molar-refractivity contribution in [3.63, 3.8) is 0 Å². The van der Waals surface area contributed by atoms with Crippen LogP contribution >= 0.6 is 0 Å². The number of allylic oxidation sites excluding steroid dienone is 1. The Bertz CT molecular complexity index is 1390. The molecule has 2 aliphatic rings. The highest BCUT2D eigenvalue weighted by atomic mass is 32.2. The molecule has 1 saturated heterocycles. The Labute approximate surface area is 214 Å². The SMILES string of the molecule is C=CC(F)(F)c1c(/C=C2\C(=O)Nc3ccc(NS(C)(=O)=O)cc32)[nH]c(C)c1C(=O)NCCN1CCCC1. The third kappa shape index (κ3) is 5.75. The van der Waals surface area contributed by atoms with Gasteiger partial charge in [0.2, 0.25) is 10.0 Å². The fraction of sp³-hybridized carbons (Fsp3) is 0.360. The van der Waals surface area contributed by atoms with E-state index in [1.165, 1.54) is 31.2 Å². The number of nitrogens with one attached hydrogen (secondary N) is 4. The Hall–Kier alpha value is -3.51. The summed E-state index contributed by atoms with van der Waals surface area (Å²) in [5.74, 6) is -4.77. The predicted octanol–water partition coefficient (Wildman–Crippen LogP) is 3.29. The average Bonchev–Trinajstić information content (AvgIpc) is 3.51. The van der Waals surface area contributed by atoms with Crippen LogP contribution in [0.4, 0.5) is 20.2 Å². The first-order valence-electron chi connectivity index (χ1n) is 11.8. The normalized spacial score (nSPS) is 17.1. The third-order valence-electron chi connectivity index (χ3n) is 6.34. The van der Waals surface area contributed by atoms with E-state index in [1.54, 1.807) is 0 Å². The molecule has 3 heterocycles. The standard InChI is InChI=1S/C25H29F2N5O4S/c1-4-25(26,27)22-20(29-15(2)21(22)24(34)28-9-12-32-10-5-6-11-32)14-18-17-13-16(31-37(3,35)36)7-8-19(17)30-23(18)33/h4,7-8,13-14,29,31H,1,5-6,9-12H2,2-3H3,(H,28,34)(H,30,33)/b18-14-. The van der Waals surface area contributed by atoms with Gasteiger partial charge in [-0.25, -0.2) is 8.42 Å². The lowest BCUT2D eigenvalue weighted by Crippen LogP contribution is -2.34. The summed E-state index contributed by atoms with van der Waals surface area (Å²) < 4.78 is 55.9. The summed E-state index contributed by atoms with van der Waals surface area (Å²) in [6.07, 6.45) is 4.88. The van der Waals surface area contributed by atoms with Crippen molar-refractivity contribution in [1.29, 1.82) is 0 Å². The van der Waals surface area contributed by atoms with E-state index in [1.807, 2.05) is 0 Å². The van der Waals surface area contributed by atoms with Gasteiger partial charge in [-0.1, -0.05) is 6.58 Å². The number of likely N-dealkylation sites (tertiary alicyclic amines) is 1. The van der Waals surface area contributed by atoms with Crippen molar-refractivity contribution in [1.82, 2.24) is 15.2 Å². The Morgan fingerprint density at radius 1 is 1.27 bits per heavy atom. The van der Waals surface area contributed by atoms with Crippen LogP contribution in [-0.2, 0) is 20.7 Å². The molecular formula is C25H29F2N5O4S. The second-order valence-corrected chi connectivity index (χ2v) is 10.9. The molecule has 12 heteroatoms. The van der Waals surface area contributed by atoms with Gasteiger partial charge in [0.05, 0.1) is 23.0 Å². The zero-order valence-electron chi connectivity index (χ0n) is 20.6. The number of rotatable bonds is 9. The van der Waals surface area contributed by atoms with Crippen molar-refractivity contribution in [2.45, 2.75) is 25.7 Å². The first-order valence-corrected chi connectivity index (χ1v) is 13.7. The molecule has 1 fully saturated rings. The van der Waals surface area contributed by atoms with Crippen LogP contribution in [0.3, 0.4) is 0 Å². The maximum Gasteiger partial charge on any atom is 0.294 e. The van der Waals surface area contributed by atoms with Gasteiger partial charge in [-0.3, -0.25) is 14.3 Å². The van der Waals surface area contributed by atoms with Gasteiger partial charge in [0.1, 0.15) is 0 Å². The number of aromatic nitrogens is 1. The molecule has 0 aliphatic carbocycles. The van der Waals surface area contributed by atoms with E-state index in [0.29, 0.717) is 30.4 Å². The lowest BCUT2D eigenvalue weighted by atomic mass is 9.98.